The van der Waals surface area contributed by atoms with E-state index in [1.807, 2.05) is 0 Å². The molecule has 0 bridgehead atoms. The number of hydrogen-bond donors (Lipinski definition) is 0. The molecule has 0 spiro atoms. The normalized spacial score (nSPS) is 32.5. The summed E-state index contributed by atoms with van der Waals surface area (Å²) in [5.74, 6) is -1.07. The van der Waals surface area contributed by atoms with Gasteiger partial charge in [0.25, 0.3) is 0 Å². The largest absolute Gasteiger partial charge is 0.426 e. The molecule has 4 unspecified atom stereocenters. The SMILES string of the molecule is C/C=C/CCC1CCC2CC(C3CCC(C(=O)Oc4cc(F)c(F)c(F)c4)CC3)CCC2C1. The first-order valence-corrected chi connectivity index (χ1v) is 12.9. The molecule has 2 nitrogen and oxygen atoms in total. The zero-order valence-electron chi connectivity index (χ0n) is 19.7. The first-order chi connectivity index (χ1) is 15.9. The maximum atomic E-state index is 13.4. The zero-order valence-corrected chi connectivity index (χ0v) is 19.7. The second-order valence-electron chi connectivity index (χ2n) is 10.7. The van der Waals surface area contributed by atoms with Crippen LogP contribution in [0, 0.1) is 53.0 Å². The van der Waals surface area contributed by atoms with Gasteiger partial charge in [-0.25, -0.2) is 13.2 Å². The van der Waals surface area contributed by atoms with Crippen molar-refractivity contribution >= 4 is 5.97 Å². The number of allylic oxidation sites excluding steroid dienone is 2. The molecule has 3 aliphatic carbocycles. The summed E-state index contributed by atoms with van der Waals surface area (Å²) in [6.45, 7) is 2.10. The molecule has 0 heterocycles. The smallest absolute Gasteiger partial charge is 0.314 e. The van der Waals surface area contributed by atoms with Gasteiger partial charge in [-0.1, -0.05) is 18.6 Å². The number of esters is 1. The number of hydrogen-bond acceptors (Lipinski definition) is 2. The number of ether oxygens (including phenoxy) is 1. The molecule has 3 fully saturated rings. The van der Waals surface area contributed by atoms with Crippen LogP contribution in [-0.4, -0.2) is 5.97 Å². The lowest BCUT2D eigenvalue weighted by atomic mass is 9.60. The van der Waals surface area contributed by atoms with Crippen molar-refractivity contribution in [1.82, 2.24) is 0 Å². The van der Waals surface area contributed by atoms with Gasteiger partial charge in [0, 0.05) is 12.1 Å². The Morgan fingerprint density at radius 3 is 2.12 bits per heavy atom. The molecule has 5 heteroatoms. The number of halogens is 3. The number of rotatable bonds is 6. The summed E-state index contributed by atoms with van der Waals surface area (Å²) in [7, 11) is 0. The fourth-order valence-corrected chi connectivity index (χ4v) is 6.83. The number of carbonyl (C=O) groups is 1. The molecule has 3 saturated carbocycles. The van der Waals surface area contributed by atoms with Crippen molar-refractivity contribution in [3.63, 3.8) is 0 Å². The molecule has 0 saturated heterocycles. The van der Waals surface area contributed by atoms with Crippen LogP contribution in [0.1, 0.15) is 84.0 Å². The van der Waals surface area contributed by atoms with E-state index in [0.29, 0.717) is 5.92 Å². The molecule has 182 valence electrons. The summed E-state index contributed by atoms with van der Waals surface area (Å²) >= 11 is 0. The highest BCUT2D eigenvalue weighted by atomic mass is 19.2. The molecule has 0 N–H and O–H groups in total. The standard InChI is InChI=1S/C28H37F3O2/c1-2-3-4-5-18-6-7-23-15-22(13-12-21(23)14-18)19-8-10-20(11-9-19)28(32)33-24-16-25(29)27(31)26(30)17-24/h2-3,16-23H,4-15H2,1H3/b3-2+. The Labute approximate surface area is 196 Å². The molecule has 0 aliphatic heterocycles. The van der Waals surface area contributed by atoms with Gasteiger partial charge in [-0.05, 0) is 107 Å². The summed E-state index contributed by atoms with van der Waals surface area (Å²) in [4.78, 5) is 12.5. The maximum absolute atomic E-state index is 13.4. The second kappa shape index (κ2) is 11.1. The monoisotopic (exact) mass is 462 g/mol. The zero-order chi connectivity index (χ0) is 23.4. The lowest BCUT2D eigenvalue weighted by molar-refractivity contribution is -0.140. The van der Waals surface area contributed by atoms with Crippen LogP contribution in [0.2, 0.25) is 0 Å². The van der Waals surface area contributed by atoms with E-state index < -0.39 is 23.4 Å². The van der Waals surface area contributed by atoms with E-state index in [1.54, 1.807) is 0 Å². The van der Waals surface area contributed by atoms with Crippen molar-refractivity contribution in [1.29, 1.82) is 0 Å². The highest BCUT2D eigenvalue weighted by molar-refractivity contribution is 5.75. The topological polar surface area (TPSA) is 26.3 Å². The predicted octanol–water partition coefficient (Wildman–Crippen LogP) is 8.00. The summed E-state index contributed by atoms with van der Waals surface area (Å²) in [6.07, 6.45) is 18.8. The van der Waals surface area contributed by atoms with Gasteiger partial charge >= 0.3 is 5.97 Å². The average molecular weight is 463 g/mol. The van der Waals surface area contributed by atoms with E-state index in [4.69, 9.17) is 4.74 Å². The molecular weight excluding hydrogens is 425 g/mol. The molecule has 4 atom stereocenters. The lowest BCUT2D eigenvalue weighted by Crippen LogP contribution is -2.35. The first kappa shape index (κ1) is 24.3. The van der Waals surface area contributed by atoms with Crippen LogP contribution in [0.5, 0.6) is 5.75 Å². The molecule has 3 aliphatic rings. The Morgan fingerprint density at radius 1 is 0.879 bits per heavy atom. The minimum absolute atomic E-state index is 0.249. The van der Waals surface area contributed by atoms with E-state index in [2.05, 4.69) is 19.1 Å². The summed E-state index contributed by atoms with van der Waals surface area (Å²) in [5, 5.41) is 0. The molecule has 0 aromatic heterocycles. The summed E-state index contributed by atoms with van der Waals surface area (Å²) in [6, 6.07) is 1.46. The third kappa shape index (κ3) is 6.02. The Balaban J connectivity index is 1.22. The van der Waals surface area contributed by atoms with Gasteiger partial charge in [-0.3, -0.25) is 4.79 Å². The number of carbonyl (C=O) groups excluding carboxylic acids is 1. The van der Waals surface area contributed by atoms with Crippen LogP contribution in [0.15, 0.2) is 24.3 Å². The molecule has 1 aromatic carbocycles. The van der Waals surface area contributed by atoms with Crippen molar-refractivity contribution in [2.75, 3.05) is 0 Å². The minimum atomic E-state index is -1.55. The highest BCUT2D eigenvalue weighted by Gasteiger charge is 2.39. The molecule has 0 radical (unpaired) electrons. The third-order valence-electron chi connectivity index (χ3n) is 8.69. The summed E-state index contributed by atoms with van der Waals surface area (Å²) < 4.78 is 45.1. The summed E-state index contributed by atoms with van der Waals surface area (Å²) in [5.41, 5.74) is 0. The van der Waals surface area contributed by atoms with Gasteiger partial charge in [-0.15, -0.1) is 0 Å². The van der Waals surface area contributed by atoms with E-state index in [9.17, 15) is 18.0 Å². The fourth-order valence-electron chi connectivity index (χ4n) is 6.83. The third-order valence-corrected chi connectivity index (χ3v) is 8.69. The van der Waals surface area contributed by atoms with Gasteiger partial charge in [-0.2, -0.15) is 0 Å². The van der Waals surface area contributed by atoms with Gasteiger partial charge in [0.2, 0.25) is 0 Å². The van der Waals surface area contributed by atoms with E-state index in [1.165, 1.54) is 51.4 Å². The van der Waals surface area contributed by atoms with Crippen molar-refractivity contribution in [3.8, 4) is 5.75 Å². The van der Waals surface area contributed by atoms with Gasteiger partial charge in [0.15, 0.2) is 17.5 Å². The van der Waals surface area contributed by atoms with Gasteiger partial charge in [0.05, 0.1) is 5.92 Å². The Kier molecular flexibility index (Phi) is 8.19. The van der Waals surface area contributed by atoms with Crippen molar-refractivity contribution in [2.45, 2.75) is 84.0 Å². The average Bonchev–Trinajstić information content (AvgIpc) is 2.82. The number of fused-ring (bicyclic) bond motifs is 1. The first-order valence-electron chi connectivity index (χ1n) is 12.9. The van der Waals surface area contributed by atoms with Crippen LogP contribution < -0.4 is 4.74 Å². The molecule has 1 aromatic rings. The number of benzene rings is 1. The second-order valence-corrected chi connectivity index (χ2v) is 10.7. The van der Waals surface area contributed by atoms with Gasteiger partial charge in [0.1, 0.15) is 5.75 Å². The van der Waals surface area contributed by atoms with Crippen LogP contribution in [0.25, 0.3) is 0 Å². The molecule has 0 amide bonds. The lowest BCUT2D eigenvalue weighted by Gasteiger charge is -2.45. The quantitative estimate of drug-likeness (QED) is 0.185. The van der Waals surface area contributed by atoms with E-state index in [0.717, 1.165) is 61.5 Å². The molecule has 4 rings (SSSR count). The minimum Gasteiger partial charge on any atom is -0.426 e. The van der Waals surface area contributed by atoms with Crippen LogP contribution in [0.4, 0.5) is 13.2 Å². The fraction of sp³-hybridized carbons (Fsp3) is 0.679. The van der Waals surface area contributed by atoms with Crippen LogP contribution in [-0.2, 0) is 4.79 Å². The Hall–Kier alpha value is -1.78. The molecule has 33 heavy (non-hydrogen) atoms. The van der Waals surface area contributed by atoms with E-state index >= 15 is 0 Å². The predicted molar refractivity (Wildman–Crippen MR) is 123 cm³/mol. The van der Waals surface area contributed by atoms with Crippen LogP contribution >= 0.6 is 0 Å². The molecular formula is C28H37F3O2. The van der Waals surface area contributed by atoms with Crippen molar-refractivity contribution in [2.24, 2.45) is 35.5 Å². The Morgan fingerprint density at radius 2 is 1.45 bits per heavy atom. The highest BCUT2D eigenvalue weighted by Crippen LogP contribution is 2.49. The van der Waals surface area contributed by atoms with Crippen molar-refractivity contribution < 1.29 is 22.7 Å². The Bertz CT molecular complexity index is 821. The van der Waals surface area contributed by atoms with E-state index in [-0.39, 0.29) is 11.7 Å². The van der Waals surface area contributed by atoms with Crippen molar-refractivity contribution in [3.05, 3.63) is 41.7 Å². The maximum Gasteiger partial charge on any atom is 0.314 e. The van der Waals surface area contributed by atoms with Crippen LogP contribution in [0.3, 0.4) is 0 Å². The van der Waals surface area contributed by atoms with Gasteiger partial charge < -0.3 is 4.74 Å².